The van der Waals surface area contributed by atoms with Gasteiger partial charge in [-0.2, -0.15) is 4.31 Å². The molecule has 2 aromatic rings. The van der Waals surface area contributed by atoms with E-state index in [2.05, 4.69) is 19.3 Å². The van der Waals surface area contributed by atoms with Crippen molar-refractivity contribution in [3.8, 4) is 0 Å². The maximum absolute atomic E-state index is 12.8. The zero-order valence-electron chi connectivity index (χ0n) is 23.8. The number of hydrogen-bond acceptors (Lipinski definition) is 17. The predicted octanol–water partition coefficient (Wildman–Crippen LogP) is -0.230. The second-order valence-electron chi connectivity index (χ2n) is 10.2. The maximum Gasteiger partial charge on any atom is 0.483 e. The highest BCUT2D eigenvalue weighted by molar-refractivity contribution is 7.61. The van der Waals surface area contributed by atoms with Crippen LogP contribution in [-0.4, -0.2) is 101 Å². The van der Waals surface area contributed by atoms with Gasteiger partial charge in [-0.3, -0.25) is 23.2 Å². The minimum Gasteiger partial charge on any atom is -0.463 e. The molecule has 0 saturated carbocycles. The molecule has 246 valence electrons. The number of esters is 2. The van der Waals surface area contributed by atoms with Crippen molar-refractivity contribution in [2.24, 2.45) is 11.8 Å². The zero-order chi connectivity index (χ0) is 32.6. The molecule has 6 N–H and O–H groups in total. The summed E-state index contributed by atoms with van der Waals surface area (Å²) in [7, 11) is -10.9. The van der Waals surface area contributed by atoms with Gasteiger partial charge in [0.1, 0.15) is 36.8 Å². The SMILES string of the molecule is CC(=O)OCC1O[C@@H](OP(=O)(O)OP(=O)(O)OC[C@H]2O[C@@H](n3cnc4c(N)ncnc43)C(O)[C@H]2O)C(OC(C)=O)[C@@H](C)[C@@H]1C. The largest absolute Gasteiger partial charge is 0.483 e. The van der Waals surface area contributed by atoms with Gasteiger partial charge in [-0.05, 0) is 5.92 Å². The Morgan fingerprint density at radius 1 is 0.977 bits per heavy atom. The van der Waals surface area contributed by atoms with Crippen molar-refractivity contribution in [1.82, 2.24) is 19.5 Å². The van der Waals surface area contributed by atoms with Gasteiger partial charge >= 0.3 is 27.6 Å². The standard InChI is InChI=1S/C22H33N5O15P2/c1-9-10(2)18(38-12(4)29)22(40-13(9)5-36-11(3)28)41-44(34,35)42-43(32,33)37-6-14-16(30)17(31)21(39-14)27-8-26-15-19(23)24-7-25-20(15)27/h7-10,13-14,16-18,21-22,30-31H,5-6H2,1-4H3,(H,32,33)(H,34,35)(H2,23,24,25)/t9-,10-,13?,14+,16-,17?,18?,21+,22-/m0/s1. The number of phosphoric ester groups is 2. The van der Waals surface area contributed by atoms with E-state index in [1.165, 1.54) is 17.8 Å². The molecule has 5 unspecified atom stereocenters. The molecule has 0 radical (unpaired) electrons. The van der Waals surface area contributed by atoms with Crippen LogP contribution < -0.4 is 5.73 Å². The van der Waals surface area contributed by atoms with Crippen molar-refractivity contribution >= 4 is 44.6 Å². The second kappa shape index (κ2) is 13.4. The number of anilines is 1. The Balaban J connectivity index is 1.41. The molecule has 2 aliphatic heterocycles. The third kappa shape index (κ3) is 7.78. The molecule has 44 heavy (non-hydrogen) atoms. The number of aromatic nitrogens is 4. The molecule has 2 saturated heterocycles. The molecule has 2 aromatic heterocycles. The van der Waals surface area contributed by atoms with Gasteiger partial charge in [0.05, 0.1) is 19.0 Å². The van der Waals surface area contributed by atoms with E-state index in [0.29, 0.717) is 0 Å². The van der Waals surface area contributed by atoms with Crippen LogP contribution in [0, 0.1) is 11.8 Å². The molecule has 4 heterocycles. The Hall–Kier alpha value is -2.61. The molecule has 11 atom stereocenters. The molecular formula is C22H33N5O15P2. The Morgan fingerprint density at radius 3 is 2.34 bits per heavy atom. The molecule has 4 rings (SSSR count). The van der Waals surface area contributed by atoms with E-state index in [-0.39, 0.29) is 23.6 Å². The third-order valence-corrected chi connectivity index (χ3v) is 9.71. The number of nitrogens with zero attached hydrogens (tertiary/aromatic N) is 4. The van der Waals surface area contributed by atoms with Crippen LogP contribution in [0.5, 0.6) is 0 Å². The van der Waals surface area contributed by atoms with Crippen molar-refractivity contribution in [2.45, 2.75) is 70.7 Å². The first-order valence-corrected chi connectivity index (χ1v) is 16.1. The maximum atomic E-state index is 12.8. The van der Waals surface area contributed by atoms with Gasteiger partial charge in [0.15, 0.2) is 23.8 Å². The highest BCUT2D eigenvalue weighted by Crippen LogP contribution is 2.62. The van der Waals surface area contributed by atoms with E-state index in [1.54, 1.807) is 13.8 Å². The molecule has 0 spiro atoms. The van der Waals surface area contributed by atoms with Crippen LogP contribution in [0.3, 0.4) is 0 Å². The number of hydrogen-bond donors (Lipinski definition) is 5. The van der Waals surface area contributed by atoms with Gasteiger partial charge in [-0.25, -0.2) is 24.1 Å². The second-order valence-corrected chi connectivity index (χ2v) is 13.2. The predicted molar refractivity (Wildman–Crippen MR) is 143 cm³/mol. The number of rotatable bonds is 11. The number of nitrogens with two attached hydrogens (primary N) is 1. The number of carbonyl (C=O) groups excluding carboxylic acids is 2. The van der Waals surface area contributed by atoms with Gasteiger partial charge < -0.3 is 44.7 Å². The topological polar surface area (TPSA) is 283 Å². The summed E-state index contributed by atoms with van der Waals surface area (Å²) in [5.41, 5.74) is 6.13. The quantitative estimate of drug-likeness (QED) is 0.152. The average Bonchev–Trinajstić information content (AvgIpc) is 3.47. The number of ether oxygens (including phenoxy) is 4. The van der Waals surface area contributed by atoms with Gasteiger partial charge in [-0.1, -0.05) is 13.8 Å². The minimum absolute atomic E-state index is 0.0531. The molecule has 2 fully saturated rings. The fourth-order valence-electron chi connectivity index (χ4n) is 4.71. The number of aliphatic hydroxyl groups excluding tert-OH is 2. The number of nitrogen functional groups attached to an aromatic ring is 1. The average molecular weight is 669 g/mol. The van der Waals surface area contributed by atoms with Gasteiger partial charge in [0.25, 0.3) is 0 Å². The number of fused-ring (bicyclic) bond motifs is 1. The van der Waals surface area contributed by atoms with E-state index in [4.69, 9.17) is 33.7 Å². The summed E-state index contributed by atoms with van der Waals surface area (Å²) in [6.45, 7) is 4.42. The fraction of sp³-hybridized carbons (Fsp3) is 0.682. The summed E-state index contributed by atoms with van der Waals surface area (Å²) in [6, 6.07) is 0. The van der Waals surface area contributed by atoms with E-state index < -0.39 is 89.1 Å². The molecule has 2 aliphatic rings. The summed E-state index contributed by atoms with van der Waals surface area (Å²) in [5, 5.41) is 21.0. The van der Waals surface area contributed by atoms with Crippen molar-refractivity contribution in [2.75, 3.05) is 18.9 Å². The monoisotopic (exact) mass is 669 g/mol. The van der Waals surface area contributed by atoms with Crippen LogP contribution in [-0.2, 0) is 51.0 Å². The first-order valence-electron chi connectivity index (χ1n) is 13.1. The lowest BCUT2D eigenvalue weighted by Gasteiger charge is -2.43. The number of carbonyl (C=O) groups is 2. The lowest BCUT2D eigenvalue weighted by molar-refractivity contribution is -0.257. The number of imidazole rings is 1. The van der Waals surface area contributed by atoms with Gasteiger partial charge in [-0.15, -0.1) is 0 Å². The molecule has 0 amide bonds. The van der Waals surface area contributed by atoms with Gasteiger partial charge in [0.2, 0.25) is 6.29 Å². The molecule has 22 heteroatoms. The summed E-state index contributed by atoms with van der Waals surface area (Å²) in [6.07, 6.45) is -7.52. The smallest absolute Gasteiger partial charge is 0.463 e. The lowest BCUT2D eigenvalue weighted by atomic mass is 9.83. The van der Waals surface area contributed by atoms with Crippen LogP contribution in [0.15, 0.2) is 12.7 Å². The van der Waals surface area contributed by atoms with Crippen molar-refractivity contribution in [3.63, 3.8) is 0 Å². The molecule has 0 aromatic carbocycles. The fourth-order valence-corrected chi connectivity index (χ4v) is 6.87. The number of aliphatic hydroxyl groups is 2. The first kappa shape index (κ1) is 34.3. The zero-order valence-corrected chi connectivity index (χ0v) is 25.6. The summed E-state index contributed by atoms with van der Waals surface area (Å²) >= 11 is 0. The van der Waals surface area contributed by atoms with E-state index in [0.717, 1.165) is 13.3 Å². The van der Waals surface area contributed by atoms with Crippen molar-refractivity contribution < 1.29 is 71.0 Å². The molecular weight excluding hydrogens is 636 g/mol. The Labute approximate surface area is 249 Å². The normalized spacial score (nSPS) is 33.4. The summed E-state index contributed by atoms with van der Waals surface area (Å²) in [5.74, 6) is -2.30. The van der Waals surface area contributed by atoms with E-state index in [9.17, 15) is 38.7 Å². The van der Waals surface area contributed by atoms with Crippen LogP contribution in [0.4, 0.5) is 5.82 Å². The highest BCUT2D eigenvalue weighted by atomic mass is 31.3. The van der Waals surface area contributed by atoms with Crippen molar-refractivity contribution in [1.29, 1.82) is 0 Å². The summed E-state index contributed by atoms with van der Waals surface area (Å²) in [4.78, 5) is 55.4. The van der Waals surface area contributed by atoms with E-state index in [1.807, 2.05) is 0 Å². The molecule has 20 nitrogen and oxygen atoms in total. The Morgan fingerprint density at radius 2 is 1.68 bits per heavy atom. The van der Waals surface area contributed by atoms with E-state index >= 15 is 0 Å². The Kier molecular flexibility index (Phi) is 10.4. The van der Waals surface area contributed by atoms with Crippen LogP contribution in [0.1, 0.15) is 33.9 Å². The minimum atomic E-state index is -5.50. The first-order chi connectivity index (χ1) is 20.5. The molecule has 0 aliphatic carbocycles. The number of phosphoric acid groups is 2. The Bertz CT molecular complexity index is 1460. The van der Waals surface area contributed by atoms with Crippen LogP contribution in [0.2, 0.25) is 0 Å². The molecule has 0 bridgehead atoms. The van der Waals surface area contributed by atoms with Crippen LogP contribution in [0.25, 0.3) is 11.2 Å². The van der Waals surface area contributed by atoms with Gasteiger partial charge in [0, 0.05) is 19.8 Å². The van der Waals surface area contributed by atoms with Crippen LogP contribution >= 0.6 is 15.6 Å². The lowest BCUT2D eigenvalue weighted by Crippen LogP contribution is -2.53. The third-order valence-electron chi connectivity index (χ3n) is 7.11. The highest BCUT2D eigenvalue weighted by Gasteiger charge is 2.50. The summed E-state index contributed by atoms with van der Waals surface area (Å²) < 4.78 is 62.2. The van der Waals surface area contributed by atoms with Crippen molar-refractivity contribution in [3.05, 3.63) is 12.7 Å².